The van der Waals surface area contributed by atoms with E-state index in [9.17, 15) is 31.2 Å². The first kappa shape index (κ1) is 23.9. The molecule has 0 unspecified atom stereocenters. The molecule has 0 bridgehead atoms. The molecule has 166 valence electrons. The van der Waals surface area contributed by atoms with Gasteiger partial charge in [0.1, 0.15) is 0 Å². The monoisotopic (exact) mass is 447 g/mol. The third kappa shape index (κ3) is 6.05. The zero-order valence-electron chi connectivity index (χ0n) is 16.5. The number of carbonyl (C=O) groups excluding carboxylic acids is 2. The molecule has 0 aliphatic carbocycles. The standard InChI is InChI=1S/C19H24F3N3O4S/c1-3-9-25(13-18(27)23-16-7-10-24(11-8-16)14(2)26)30(28,29)17-6-4-5-15(12-17)19(20,21)22/h3-6,12,16H,1,7-11,13H2,2H3,(H,23,27). The van der Waals surface area contributed by atoms with E-state index in [-0.39, 0.29) is 18.5 Å². The summed E-state index contributed by atoms with van der Waals surface area (Å²) in [5, 5.41) is 2.73. The molecule has 1 aromatic carbocycles. The molecular weight excluding hydrogens is 423 g/mol. The van der Waals surface area contributed by atoms with Crippen molar-refractivity contribution in [3.05, 3.63) is 42.5 Å². The molecule has 1 saturated heterocycles. The van der Waals surface area contributed by atoms with Crippen LogP contribution in [0.4, 0.5) is 13.2 Å². The maximum absolute atomic E-state index is 12.9. The van der Waals surface area contributed by atoms with Gasteiger partial charge < -0.3 is 10.2 Å². The van der Waals surface area contributed by atoms with Gasteiger partial charge in [-0.25, -0.2) is 8.42 Å². The van der Waals surface area contributed by atoms with Crippen LogP contribution in [0.25, 0.3) is 0 Å². The smallest absolute Gasteiger partial charge is 0.352 e. The topological polar surface area (TPSA) is 86.8 Å². The molecule has 0 atom stereocenters. The second-order valence-electron chi connectivity index (χ2n) is 6.96. The van der Waals surface area contributed by atoms with Crippen molar-refractivity contribution in [1.29, 1.82) is 0 Å². The molecule has 0 aromatic heterocycles. The lowest BCUT2D eigenvalue weighted by atomic mass is 10.1. The van der Waals surface area contributed by atoms with Gasteiger partial charge in [0, 0.05) is 32.6 Å². The normalized spacial score (nSPS) is 15.8. The minimum absolute atomic E-state index is 0.0517. The molecule has 7 nitrogen and oxygen atoms in total. The average Bonchev–Trinajstić information content (AvgIpc) is 2.67. The van der Waals surface area contributed by atoms with Crippen LogP contribution in [0.1, 0.15) is 25.3 Å². The molecule has 1 aliphatic rings. The van der Waals surface area contributed by atoms with E-state index in [1.165, 1.54) is 13.0 Å². The van der Waals surface area contributed by atoms with Crippen LogP contribution >= 0.6 is 0 Å². The summed E-state index contributed by atoms with van der Waals surface area (Å²) in [5.41, 5.74) is -1.09. The van der Waals surface area contributed by atoms with E-state index in [4.69, 9.17) is 0 Å². The Morgan fingerprint density at radius 2 is 1.93 bits per heavy atom. The first-order chi connectivity index (χ1) is 13.9. The molecule has 30 heavy (non-hydrogen) atoms. The summed E-state index contributed by atoms with van der Waals surface area (Å²) in [4.78, 5) is 24.9. The van der Waals surface area contributed by atoms with E-state index in [0.29, 0.717) is 32.0 Å². The van der Waals surface area contributed by atoms with Crippen molar-refractivity contribution in [3.8, 4) is 0 Å². The molecule has 1 heterocycles. The highest BCUT2D eigenvalue weighted by Gasteiger charge is 2.33. The van der Waals surface area contributed by atoms with Gasteiger partial charge in [-0.2, -0.15) is 17.5 Å². The number of alkyl halides is 3. The Balaban J connectivity index is 2.10. The number of nitrogens with zero attached hydrogens (tertiary/aromatic N) is 2. The molecule has 1 N–H and O–H groups in total. The highest BCUT2D eigenvalue weighted by molar-refractivity contribution is 7.89. The molecule has 2 amide bonds. The fourth-order valence-electron chi connectivity index (χ4n) is 3.15. The van der Waals surface area contributed by atoms with Crippen molar-refractivity contribution in [3.63, 3.8) is 0 Å². The third-order valence-corrected chi connectivity index (χ3v) is 6.56. The quantitative estimate of drug-likeness (QED) is 0.648. The molecule has 0 spiro atoms. The fourth-order valence-corrected chi connectivity index (χ4v) is 4.56. The van der Waals surface area contributed by atoms with Crippen molar-refractivity contribution in [2.24, 2.45) is 0 Å². The van der Waals surface area contributed by atoms with Crippen LogP contribution in [0.5, 0.6) is 0 Å². The summed E-state index contributed by atoms with van der Waals surface area (Å²) in [7, 11) is -4.35. The van der Waals surface area contributed by atoms with Gasteiger partial charge in [0.2, 0.25) is 21.8 Å². The minimum atomic E-state index is -4.69. The second-order valence-corrected chi connectivity index (χ2v) is 8.90. The summed E-state index contributed by atoms with van der Waals surface area (Å²) >= 11 is 0. The van der Waals surface area contributed by atoms with Crippen molar-refractivity contribution in [1.82, 2.24) is 14.5 Å². The number of hydrogen-bond acceptors (Lipinski definition) is 4. The zero-order valence-corrected chi connectivity index (χ0v) is 17.3. The summed E-state index contributed by atoms with van der Waals surface area (Å²) < 4.78 is 65.3. The van der Waals surface area contributed by atoms with Gasteiger partial charge in [-0.3, -0.25) is 9.59 Å². The first-order valence-electron chi connectivity index (χ1n) is 9.28. The van der Waals surface area contributed by atoms with Crippen LogP contribution in [0.3, 0.4) is 0 Å². The number of amides is 2. The van der Waals surface area contributed by atoms with Gasteiger partial charge in [0.15, 0.2) is 0 Å². The maximum Gasteiger partial charge on any atom is 0.416 e. The van der Waals surface area contributed by atoms with Crippen LogP contribution < -0.4 is 5.32 Å². The molecule has 0 saturated carbocycles. The molecule has 1 aromatic rings. The summed E-state index contributed by atoms with van der Waals surface area (Å²) in [6, 6.07) is 3.16. The number of halogens is 3. The Labute approximate surface area is 173 Å². The Kier molecular flexibility index (Phi) is 7.64. The number of piperidine rings is 1. The number of rotatable bonds is 7. The van der Waals surface area contributed by atoms with Gasteiger partial charge in [0.05, 0.1) is 17.0 Å². The van der Waals surface area contributed by atoms with E-state index in [1.807, 2.05) is 0 Å². The van der Waals surface area contributed by atoms with Crippen molar-refractivity contribution in [2.45, 2.75) is 36.9 Å². The molecular formula is C19H24F3N3O4S. The molecule has 2 rings (SSSR count). The second kappa shape index (κ2) is 9.61. The number of hydrogen-bond donors (Lipinski definition) is 1. The van der Waals surface area contributed by atoms with Crippen molar-refractivity contribution >= 4 is 21.8 Å². The van der Waals surface area contributed by atoms with Gasteiger partial charge in [-0.05, 0) is 31.0 Å². The summed E-state index contributed by atoms with van der Waals surface area (Å²) in [5.74, 6) is -0.627. The highest BCUT2D eigenvalue weighted by atomic mass is 32.2. The summed E-state index contributed by atoms with van der Waals surface area (Å²) in [6.45, 7) is 5.09. The number of benzene rings is 1. The van der Waals surface area contributed by atoms with Crippen LogP contribution in [0, 0.1) is 0 Å². The maximum atomic E-state index is 12.9. The fraction of sp³-hybridized carbons (Fsp3) is 0.474. The molecule has 0 radical (unpaired) electrons. The Morgan fingerprint density at radius 3 is 2.47 bits per heavy atom. The SMILES string of the molecule is C=CCN(CC(=O)NC1CCN(C(C)=O)CC1)S(=O)(=O)c1cccc(C(F)(F)F)c1. The number of nitrogens with one attached hydrogen (secondary N) is 1. The van der Waals surface area contributed by atoms with E-state index in [0.717, 1.165) is 22.5 Å². The Morgan fingerprint density at radius 1 is 1.30 bits per heavy atom. The lowest BCUT2D eigenvalue weighted by Gasteiger charge is -2.32. The van der Waals surface area contributed by atoms with E-state index in [2.05, 4.69) is 11.9 Å². The Hall–Kier alpha value is -2.40. The predicted octanol–water partition coefficient (Wildman–Crippen LogP) is 2.01. The van der Waals surface area contributed by atoms with Crippen LogP contribution in [-0.4, -0.2) is 61.7 Å². The van der Waals surface area contributed by atoms with E-state index >= 15 is 0 Å². The van der Waals surface area contributed by atoms with Crippen molar-refractivity contribution < 1.29 is 31.2 Å². The molecule has 1 fully saturated rings. The van der Waals surface area contributed by atoms with Gasteiger partial charge >= 0.3 is 6.18 Å². The lowest BCUT2D eigenvalue weighted by Crippen LogP contribution is -2.49. The lowest BCUT2D eigenvalue weighted by molar-refractivity contribution is -0.137. The van der Waals surface area contributed by atoms with E-state index < -0.39 is 39.1 Å². The number of carbonyl (C=O) groups is 2. The van der Waals surface area contributed by atoms with Crippen molar-refractivity contribution in [2.75, 3.05) is 26.2 Å². The average molecular weight is 447 g/mol. The zero-order chi connectivity index (χ0) is 22.5. The largest absolute Gasteiger partial charge is 0.416 e. The first-order valence-corrected chi connectivity index (χ1v) is 10.7. The van der Waals surface area contributed by atoms with Gasteiger partial charge in [0.25, 0.3) is 0 Å². The minimum Gasteiger partial charge on any atom is -0.352 e. The van der Waals surface area contributed by atoms with Crippen LogP contribution in [0.15, 0.2) is 41.8 Å². The number of likely N-dealkylation sites (tertiary alicyclic amines) is 1. The third-order valence-electron chi connectivity index (χ3n) is 4.76. The van der Waals surface area contributed by atoms with Gasteiger partial charge in [-0.15, -0.1) is 6.58 Å². The number of sulfonamides is 1. The summed E-state index contributed by atoms with van der Waals surface area (Å²) in [6.07, 6.45) is -2.37. The molecule has 11 heteroatoms. The molecule has 1 aliphatic heterocycles. The Bertz CT molecular complexity index is 895. The van der Waals surface area contributed by atoms with E-state index in [1.54, 1.807) is 4.90 Å². The van der Waals surface area contributed by atoms with Crippen LogP contribution in [0.2, 0.25) is 0 Å². The predicted molar refractivity (Wildman–Crippen MR) is 104 cm³/mol. The highest BCUT2D eigenvalue weighted by Crippen LogP contribution is 2.31. The van der Waals surface area contributed by atoms with Gasteiger partial charge in [-0.1, -0.05) is 12.1 Å². The van der Waals surface area contributed by atoms with Crippen LogP contribution in [-0.2, 0) is 25.8 Å².